The molecule has 0 saturated carbocycles. The second-order valence-electron chi connectivity index (χ2n) is 4.81. The Hall–Kier alpha value is -0.180. The Kier molecular flexibility index (Phi) is 5.57. The first-order chi connectivity index (χ1) is 8.29. The molecule has 0 aromatic heterocycles. The van der Waals surface area contributed by atoms with E-state index in [0.29, 0.717) is 19.3 Å². The zero-order valence-corrected chi connectivity index (χ0v) is 12.3. The SMILES string of the molecule is CCS(=O)(=O)CCCC(NN)C1CCS(=O)(=O)C1. The van der Waals surface area contributed by atoms with Gasteiger partial charge in [-0.3, -0.25) is 11.3 Å². The van der Waals surface area contributed by atoms with Crippen LogP contribution in [-0.2, 0) is 19.7 Å². The fraction of sp³-hybridized carbons (Fsp3) is 1.00. The van der Waals surface area contributed by atoms with Crippen LogP contribution in [0.1, 0.15) is 26.2 Å². The normalized spacial score (nSPS) is 25.1. The van der Waals surface area contributed by atoms with Crippen molar-refractivity contribution in [3.05, 3.63) is 0 Å². The third-order valence-electron chi connectivity index (χ3n) is 3.46. The standard InChI is InChI=1S/C10H22N2O4S2/c1-2-17(13,14)6-3-4-10(12-11)9-5-7-18(15,16)8-9/h9-10,12H,2-8,11H2,1H3. The molecule has 0 radical (unpaired) electrons. The van der Waals surface area contributed by atoms with E-state index in [9.17, 15) is 16.8 Å². The van der Waals surface area contributed by atoms with Crippen LogP contribution in [0.3, 0.4) is 0 Å². The van der Waals surface area contributed by atoms with Gasteiger partial charge in [0.05, 0.1) is 17.3 Å². The number of sulfone groups is 2. The first-order valence-electron chi connectivity index (χ1n) is 6.16. The van der Waals surface area contributed by atoms with Gasteiger partial charge in [-0.1, -0.05) is 6.92 Å². The molecule has 1 fully saturated rings. The summed E-state index contributed by atoms with van der Waals surface area (Å²) in [4.78, 5) is 0. The van der Waals surface area contributed by atoms with E-state index in [4.69, 9.17) is 5.84 Å². The average Bonchev–Trinajstić information content (AvgIpc) is 2.65. The summed E-state index contributed by atoms with van der Waals surface area (Å²) >= 11 is 0. The molecule has 0 aliphatic carbocycles. The number of hydrazine groups is 1. The molecule has 1 rings (SSSR count). The van der Waals surface area contributed by atoms with Gasteiger partial charge in [0, 0.05) is 11.8 Å². The third-order valence-corrected chi connectivity index (χ3v) is 7.05. The summed E-state index contributed by atoms with van der Waals surface area (Å²) in [5.41, 5.74) is 2.63. The van der Waals surface area contributed by atoms with Crippen LogP contribution in [0.5, 0.6) is 0 Å². The minimum absolute atomic E-state index is 0.00401. The smallest absolute Gasteiger partial charge is 0.150 e. The van der Waals surface area contributed by atoms with Gasteiger partial charge in [-0.05, 0) is 25.2 Å². The van der Waals surface area contributed by atoms with Gasteiger partial charge < -0.3 is 0 Å². The Morgan fingerprint density at radius 2 is 2.11 bits per heavy atom. The highest BCUT2D eigenvalue weighted by molar-refractivity contribution is 7.91. The van der Waals surface area contributed by atoms with Crippen LogP contribution in [0, 0.1) is 5.92 Å². The Morgan fingerprint density at radius 1 is 1.44 bits per heavy atom. The van der Waals surface area contributed by atoms with Crippen molar-refractivity contribution in [2.24, 2.45) is 11.8 Å². The Morgan fingerprint density at radius 3 is 2.56 bits per heavy atom. The van der Waals surface area contributed by atoms with E-state index >= 15 is 0 Å². The number of nitrogens with one attached hydrogen (secondary N) is 1. The summed E-state index contributed by atoms with van der Waals surface area (Å²) in [6.45, 7) is 1.62. The lowest BCUT2D eigenvalue weighted by atomic mass is 9.96. The molecule has 108 valence electrons. The molecule has 1 saturated heterocycles. The number of hydrogen-bond acceptors (Lipinski definition) is 6. The Labute approximate surface area is 109 Å². The van der Waals surface area contributed by atoms with E-state index in [0.717, 1.165) is 0 Å². The van der Waals surface area contributed by atoms with Gasteiger partial charge in [0.25, 0.3) is 0 Å². The quantitative estimate of drug-likeness (QED) is 0.483. The zero-order valence-electron chi connectivity index (χ0n) is 10.6. The van der Waals surface area contributed by atoms with Gasteiger partial charge in [0.2, 0.25) is 0 Å². The van der Waals surface area contributed by atoms with Crippen LogP contribution < -0.4 is 11.3 Å². The summed E-state index contributed by atoms with van der Waals surface area (Å²) in [6.07, 6.45) is 1.72. The van der Waals surface area contributed by atoms with Crippen molar-refractivity contribution in [3.63, 3.8) is 0 Å². The maximum Gasteiger partial charge on any atom is 0.150 e. The van der Waals surface area contributed by atoms with Crippen molar-refractivity contribution >= 4 is 19.7 Å². The third kappa shape index (κ3) is 4.83. The van der Waals surface area contributed by atoms with Gasteiger partial charge in [-0.15, -0.1) is 0 Å². The molecule has 1 aliphatic rings. The average molecular weight is 298 g/mol. The largest absolute Gasteiger partial charge is 0.271 e. The molecule has 2 atom stereocenters. The molecule has 6 nitrogen and oxygen atoms in total. The predicted octanol–water partition coefficient (Wildman–Crippen LogP) is -0.532. The lowest BCUT2D eigenvalue weighted by Crippen LogP contribution is -2.41. The lowest BCUT2D eigenvalue weighted by molar-refractivity contribution is 0.364. The van der Waals surface area contributed by atoms with Crippen LogP contribution in [-0.4, -0.2) is 45.9 Å². The molecular formula is C10H22N2O4S2. The molecule has 0 bridgehead atoms. The highest BCUT2D eigenvalue weighted by Gasteiger charge is 2.33. The van der Waals surface area contributed by atoms with E-state index in [-0.39, 0.29) is 35.0 Å². The summed E-state index contributed by atoms with van der Waals surface area (Å²) in [5, 5.41) is 0. The second-order valence-corrected chi connectivity index (χ2v) is 9.52. The van der Waals surface area contributed by atoms with Gasteiger partial charge in [0.1, 0.15) is 9.84 Å². The number of nitrogens with two attached hydrogens (primary N) is 1. The van der Waals surface area contributed by atoms with Crippen LogP contribution in [0.4, 0.5) is 0 Å². The molecule has 0 aromatic carbocycles. The van der Waals surface area contributed by atoms with E-state index in [2.05, 4.69) is 5.43 Å². The van der Waals surface area contributed by atoms with Crippen LogP contribution in [0.15, 0.2) is 0 Å². The molecule has 8 heteroatoms. The molecule has 0 aromatic rings. The zero-order chi connectivity index (χ0) is 13.8. The van der Waals surface area contributed by atoms with Crippen molar-refractivity contribution in [1.29, 1.82) is 0 Å². The van der Waals surface area contributed by atoms with Crippen LogP contribution in [0.2, 0.25) is 0 Å². The summed E-state index contributed by atoms with van der Waals surface area (Å²) in [7, 11) is -5.88. The topological polar surface area (TPSA) is 106 Å². The van der Waals surface area contributed by atoms with Crippen LogP contribution >= 0.6 is 0 Å². The van der Waals surface area contributed by atoms with Crippen molar-refractivity contribution in [2.45, 2.75) is 32.2 Å². The van der Waals surface area contributed by atoms with Gasteiger partial charge in [-0.25, -0.2) is 16.8 Å². The van der Waals surface area contributed by atoms with Crippen molar-refractivity contribution < 1.29 is 16.8 Å². The van der Waals surface area contributed by atoms with Gasteiger partial charge >= 0.3 is 0 Å². The monoisotopic (exact) mass is 298 g/mol. The second kappa shape index (κ2) is 6.31. The molecule has 1 heterocycles. The molecule has 18 heavy (non-hydrogen) atoms. The lowest BCUT2D eigenvalue weighted by Gasteiger charge is -2.21. The number of rotatable bonds is 7. The Balaban J connectivity index is 2.44. The van der Waals surface area contributed by atoms with Gasteiger partial charge in [-0.2, -0.15) is 0 Å². The van der Waals surface area contributed by atoms with Crippen LogP contribution in [0.25, 0.3) is 0 Å². The fourth-order valence-corrected chi connectivity index (χ4v) is 5.04. The fourth-order valence-electron chi connectivity index (χ4n) is 2.26. The van der Waals surface area contributed by atoms with E-state index in [1.165, 1.54) is 0 Å². The van der Waals surface area contributed by atoms with Crippen molar-refractivity contribution in [1.82, 2.24) is 5.43 Å². The van der Waals surface area contributed by atoms with E-state index in [1.54, 1.807) is 6.92 Å². The maximum atomic E-state index is 11.4. The number of hydrogen-bond donors (Lipinski definition) is 2. The molecule has 3 N–H and O–H groups in total. The van der Waals surface area contributed by atoms with Crippen molar-refractivity contribution in [2.75, 3.05) is 23.0 Å². The molecule has 2 unspecified atom stereocenters. The van der Waals surface area contributed by atoms with E-state index in [1.807, 2.05) is 0 Å². The highest BCUT2D eigenvalue weighted by atomic mass is 32.2. The maximum absolute atomic E-state index is 11.4. The molecule has 0 spiro atoms. The molecular weight excluding hydrogens is 276 g/mol. The molecule has 0 amide bonds. The Bertz CT molecular complexity index is 458. The summed E-state index contributed by atoms with van der Waals surface area (Å²) in [5.74, 6) is 6.08. The minimum atomic E-state index is -2.96. The first-order valence-corrected chi connectivity index (χ1v) is 9.81. The molecule has 1 aliphatic heterocycles. The predicted molar refractivity (Wildman–Crippen MR) is 71.4 cm³/mol. The van der Waals surface area contributed by atoms with E-state index < -0.39 is 19.7 Å². The summed E-state index contributed by atoms with van der Waals surface area (Å²) < 4.78 is 45.4. The first kappa shape index (κ1) is 15.9. The minimum Gasteiger partial charge on any atom is -0.271 e. The van der Waals surface area contributed by atoms with Crippen molar-refractivity contribution in [3.8, 4) is 0 Å². The summed E-state index contributed by atoms with van der Waals surface area (Å²) in [6, 6.07) is -0.116. The highest BCUT2D eigenvalue weighted by Crippen LogP contribution is 2.23. The van der Waals surface area contributed by atoms with Gasteiger partial charge in [0.15, 0.2) is 9.84 Å².